The molecule has 4 nitrogen and oxygen atoms in total. The molecule has 84 valence electrons. The van der Waals surface area contributed by atoms with E-state index in [2.05, 4.69) is 15.9 Å². The quantitative estimate of drug-likeness (QED) is 0.586. The molecule has 2 rings (SSSR count). The first kappa shape index (κ1) is 11.1. The molecule has 0 N–H and O–H groups in total. The van der Waals surface area contributed by atoms with Crippen LogP contribution in [0.3, 0.4) is 0 Å². The first-order valence-electron chi connectivity index (χ1n) is 4.40. The van der Waals surface area contributed by atoms with Crippen molar-refractivity contribution in [2.75, 3.05) is 0 Å². The van der Waals surface area contributed by atoms with Crippen molar-refractivity contribution in [3.8, 4) is 0 Å². The van der Waals surface area contributed by atoms with Crippen LogP contribution in [-0.2, 0) is 19.1 Å². The molecule has 1 saturated heterocycles. The molecule has 0 aromatic heterocycles. The maximum atomic E-state index is 13.5. The fourth-order valence-corrected chi connectivity index (χ4v) is 1.62. The van der Waals surface area contributed by atoms with Gasteiger partial charge in [0, 0.05) is 4.47 Å². The van der Waals surface area contributed by atoms with Crippen molar-refractivity contribution >= 4 is 27.9 Å². The Kier molecular flexibility index (Phi) is 2.91. The summed E-state index contributed by atoms with van der Waals surface area (Å²) >= 11 is 3.09. The standard InChI is InChI=1S/C10H6BrFO4/c11-5-1-2-6(7(12)3-5)10-15-8(13)4-9(14)16-10/h1-3,10H,4H2. The van der Waals surface area contributed by atoms with Crippen LogP contribution in [0.1, 0.15) is 18.3 Å². The van der Waals surface area contributed by atoms with Crippen molar-refractivity contribution in [2.24, 2.45) is 0 Å². The Hall–Kier alpha value is -1.43. The van der Waals surface area contributed by atoms with Crippen LogP contribution in [0.15, 0.2) is 22.7 Å². The summed E-state index contributed by atoms with van der Waals surface area (Å²) in [5.41, 5.74) is 0.0181. The molecular weight excluding hydrogens is 283 g/mol. The number of carbonyl (C=O) groups excluding carboxylic acids is 2. The number of esters is 2. The van der Waals surface area contributed by atoms with Gasteiger partial charge in [-0.1, -0.05) is 15.9 Å². The Morgan fingerprint density at radius 1 is 1.25 bits per heavy atom. The molecule has 6 heteroatoms. The molecule has 1 heterocycles. The first-order valence-corrected chi connectivity index (χ1v) is 5.19. The van der Waals surface area contributed by atoms with Gasteiger partial charge in [0.25, 0.3) is 6.29 Å². The molecule has 0 atom stereocenters. The average molecular weight is 289 g/mol. The SMILES string of the molecule is O=C1CC(=O)OC(c2ccc(Br)cc2F)O1. The molecule has 0 radical (unpaired) electrons. The van der Waals surface area contributed by atoms with Crippen molar-refractivity contribution < 1.29 is 23.5 Å². The number of hydrogen-bond acceptors (Lipinski definition) is 4. The van der Waals surface area contributed by atoms with Gasteiger partial charge in [-0.2, -0.15) is 0 Å². The summed E-state index contributed by atoms with van der Waals surface area (Å²) in [7, 11) is 0. The second kappa shape index (κ2) is 4.21. The molecule has 1 aliphatic heterocycles. The third-order valence-electron chi connectivity index (χ3n) is 1.98. The van der Waals surface area contributed by atoms with Crippen molar-refractivity contribution in [1.82, 2.24) is 0 Å². The van der Waals surface area contributed by atoms with Crippen LogP contribution in [0.25, 0.3) is 0 Å². The van der Waals surface area contributed by atoms with E-state index in [1.807, 2.05) is 0 Å². The van der Waals surface area contributed by atoms with Gasteiger partial charge in [0.1, 0.15) is 12.2 Å². The molecular formula is C10H6BrFO4. The molecule has 0 bridgehead atoms. The van der Waals surface area contributed by atoms with Crippen LogP contribution in [0, 0.1) is 5.82 Å². The molecule has 1 fully saturated rings. The molecule has 1 aromatic rings. The molecule has 0 saturated carbocycles. The van der Waals surface area contributed by atoms with Crippen molar-refractivity contribution in [2.45, 2.75) is 12.7 Å². The van der Waals surface area contributed by atoms with Crippen LogP contribution in [-0.4, -0.2) is 11.9 Å². The lowest BCUT2D eigenvalue weighted by molar-refractivity contribution is -0.205. The van der Waals surface area contributed by atoms with Gasteiger partial charge in [0.15, 0.2) is 0 Å². The predicted octanol–water partition coefficient (Wildman–Crippen LogP) is 2.08. The second-order valence-electron chi connectivity index (χ2n) is 3.15. The Morgan fingerprint density at radius 3 is 2.44 bits per heavy atom. The fourth-order valence-electron chi connectivity index (χ4n) is 1.28. The zero-order valence-electron chi connectivity index (χ0n) is 7.91. The highest BCUT2D eigenvalue weighted by Gasteiger charge is 2.30. The van der Waals surface area contributed by atoms with Gasteiger partial charge in [-0.05, 0) is 18.2 Å². The number of carbonyl (C=O) groups is 2. The minimum Gasteiger partial charge on any atom is -0.420 e. The van der Waals surface area contributed by atoms with E-state index in [9.17, 15) is 14.0 Å². The van der Waals surface area contributed by atoms with E-state index < -0.39 is 30.5 Å². The van der Waals surface area contributed by atoms with E-state index in [0.717, 1.165) is 0 Å². The largest absolute Gasteiger partial charge is 0.420 e. The fraction of sp³-hybridized carbons (Fsp3) is 0.200. The highest BCUT2D eigenvalue weighted by Crippen LogP contribution is 2.27. The molecule has 1 aromatic carbocycles. The van der Waals surface area contributed by atoms with Crippen LogP contribution >= 0.6 is 15.9 Å². The van der Waals surface area contributed by atoms with E-state index in [-0.39, 0.29) is 5.56 Å². The zero-order valence-corrected chi connectivity index (χ0v) is 9.49. The van der Waals surface area contributed by atoms with Gasteiger partial charge >= 0.3 is 11.9 Å². The third kappa shape index (κ3) is 2.21. The van der Waals surface area contributed by atoms with Crippen molar-refractivity contribution in [3.05, 3.63) is 34.1 Å². The lowest BCUT2D eigenvalue weighted by Gasteiger charge is -2.22. The van der Waals surface area contributed by atoms with Crippen molar-refractivity contribution in [3.63, 3.8) is 0 Å². The molecule has 16 heavy (non-hydrogen) atoms. The van der Waals surface area contributed by atoms with Gasteiger partial charge in [0.2, 0.25) is 0 Å². The number of cyclic esters (lactones) is 2. The van der Waals surface area contributed by atoms with Crippen LogP contribution in [0.5, 0.6) is 0 Å². The van der Waals surface area contributed by atoms with Gasteiger partial charge in [0.05, 0.1) is 5.56 Å². The summed E-state index contributed by atoms with van der Waals surface area (Å²) in [5, 5.41) is 0. The average Bonchev–Trinajstić information content (AvgIpc) is 2.15. The smallest absolute Gasteiger partial charge is 0.320 e. The number of ether oxygens (including phenoxy) is 2. The summed E-state index contributed by atoms with van der Waals surface area (Å²) in [5.74, 6) is -2.05. The predicted molar refractivity (Wildman–Crippen MR) is 53.6 cm³/mol. The Labute approximate surface area is 98.5 Å². The molecule has 0 spiro atoms. The maximum Gasteiger partial charge on any atom is 0.320 e. The minimum absolute atomic E-state index is 0.0181. The number of rotatable bonds is 1. The summed E-state index contributed by atoms with van der Waals surface area (Å²) in [6.07, 6.45) is -1.73. The highest BCUT2D eigenvalue weighted by molar-refractivity contribution is 9.10. The molecule has 0 amide bonds. The monoisotopic (exact) mass is 288 g/mol. The Bertz CT molecular complexity index is 444. The summed E-state index contributed by atoms with van der Waals surface area (Å²) in [6, 6.07) is 4.15. The Balaban J connectivity index is 2.29. The van der Waals surface area contributed by atoms with Crippen LogP contribution < -0.4 is 0 Å². The molecule has 1 aliphatic rings. The van der Waals surface area contributed by atoms with E-state index in [1.165, 1.54) is 12.1 Å². The van der Waals surface area contributed by atoms with E-state index in [1.54, 1.807) is 6.07 Å². The second-order valence-corrected chi connectivity index (χ2v) is 4.07. The zero-order chi connectivity index (χ0) is 11.7. The van der Waals surface area contributed by atoms with E-state index >= 15 is 0 Å². The van der Waals surface area contributed by atoms with Crippen LogP contribution in [0.4, 0.5) is 4.39 Å². The maximum absolute atomic E-state index is 13.5. The van der Waals surface area contributed by atoms with Gasteiger partial charge in [-0.15, -0.1) is 0 Å². The van der Waals surface area contributed by atoms with Gasteiger partial charge < -0.3 is 9.47 Å². The molecule has 0 unspecified atom stereocenters. The highest BCUT2D eigenvalue weighted by atomic mass is 79.9. The van der Waals surface area contributed by atoms with Gasteiger partial charge in [-0.25, -0.2) is 4.39 Å². The van der Waals surface area contributed by atoms with E-state index in [0.29, 0.717) is 4.47 Å². The first-order chi connectivity index (χ1) is 7.56. The minimum atomic E-state index is -1.29. The molecule has 0 aliphatic carbocycles. The third-order valence-corrected chi connectivity index (χ3v) is 2.48. The lowest BCUT2D eigenvalue weighted by Crippen LogP contribution is -2.27. The van der Waals surface area contributed by atoms with Crippen LogP contribution in [0.2, 0.25) is 0 Å². The van der Waals surface area contributed by atoms with Crippen molar-refractivity contribution in [1.29, 1.82) is 0 Å². The number of halogens is 2. The number of benzene rings is 1. The number of hydrogen-bond donors (Lipinski definition) is 0. The lowest BCUT2D eigenvalue weighted by atomic mass is 10.2. The Morgan fingerprint density at radius 2 is 1.88 bits per heavy atom. The van der Waals surface area contributed by atoms with E-state index in [4.69, 9.17) is 9.47 Å². The normalized spacial score (nSPS) is 16.9. The topological polar surface area (TPSA) is 52.6 Å². The van der Waals surface area contributed by atoms with Gasteiger partial charge in [-0.3, -0.25) is 9.59 Å². The summed E-state index contributed by atoms with van der Waals surface area (Å²) in [6.45, 7) is 0. The summed E-state index contributed by atoms with van der Waals surface area (Å²) < 4.78 is 23.5. The summed E-state index contributed by atoms with van der Waals surface area (Å²) in [4.78, 5) is 22.0.